The molecule has 1 aliphatic heterocycles. The summed E-state index contributed by atoms with van der Waals surface area (Å²) >= 11 is 2.15. The highest BCUT2D eigenvalue weighted by Gasteiger charge is 2.29. The van der Waals surface area contributed by atoms with Gasteiger partial charge in [0.1, 0.15) is 0 Å². The van der Waals surface area contributed by atoms with Gasteiger partial charge in [0.15, 0.2) is 0 Å². The van der Waals surface area contributed by atoms with Crippen LogP contribution in [0.1, 0.15) is 12.8 Å². The van der Waals surface area contributed by atoms with E-state index in [2.05, 4.69) is 22.6 Å². The normalized spacial score (nSPS) is 18.3. The van der Waals surface area contributed by atoms with E-state index in [1.807, 2.05) is 0 Å². The van der Waals surface area contributed by atoms with E-state index in [4.69, 9.17) is 9.84 Å². The molecule has 112 valence electrons. The molecule has 0 spiro atoms. The lowest BCUT2D eigenvalue weighted by molar-refractivity contribution is 0.00318. The Hall–Kier alpha value is -0.220. The Labute approximate surface area is 133 Å². The van der Waals surface area contributed by atoms with Gasteiger partial charge in [-0.25, -0.2) is 8.42 Å². The largest absolute Gasteiger partial charge is 0.394 e. The van der Waals surface area contributed by atoms with E-state index in [9.17, 15) is 8.42 Å². The maximum atomic E-state index is 12.5. The van der Waals surface area contributed by atoms with Crippen molar-refractivity contribution in [3.8, 4) is 0 Å². The first-order valence-corrected chi connectivity index (χ1v) is 9.04. The maximum absolute atomic E-state index is 12.5. The summed E-state index contributed by atoms with van der Waals surface area (Å²) < 4.78 is 32.9. The van der Waals surface area contributed by atoms with Gasteiger partial charge in [0, 0.05) is 16.7 Å². The first-order valence-electron chi connectivity index (χ1n) is 6.52. The fourth-order valence-corrected chi connectivity index (χ4v) is 4.04. The number of ether oxygens (including phenoxy) is 1. The molecule has 1 aromatic carbocycles. The number of benzene rings is 1. The first kappa shape index (κ1) is 16.2. The summed E-state index contributed by atoms with van der Waals surface area (Å²) in [5.41, 5.74) is 0. The molecule has 1 saturated heterocycles. The van der Waals surface area contributed by atoms with Crippen LogP contribution in [0.25, 0.3) is 0 Å². The monoisotopic (exact) mass is 411 g/mol. The third-order valence-electron chi connectivity index (χ3n) is 3.30. The van der Waals surface area contributed by atoms with Crippen molar-refractivity contribution in [1.29, 1.82) is 0 Å². The fraction of sp³-hybridized carbons (Fsp3) is 0.538. The molecule has 0 amide bonds. The maximum Gasteiger partial charge on any atom is 0.243 e. The summed E-state index contributed by atoms with van der Waals surface area (Å²) in [5, 5.41) is 8.72. The van der Waals surface area contributed by atoms with Gasteiger partial charge in [-0.15, -0.1) is 0 Å². The number of piperidine rings is 1. The summed E-state index contributed by atoms with van der Waals surface area (Å²) in [6.45, 7) is 1.24. The zero-order valence-electron chi connectivity index (χ0n) is 11.0. The molecular formula is C13H18INO4S. The minimum atomic E-state index is -3.40. The van der Waals surface area contributed by atoms with Crippen molar-refractivity contribution in [3.05, 3.63) is 27.8 Å². The molecule has 0 bridgehead atoms. The van der Waals surface area contributed by atoms with Crippen LogP contribution in [0, 0.1) is 3.57 Å². The van der Waals surface area contributed by atoms with E-state index in [0.717, 1.165) is 3.57 Å². The molecule has 20 heavy (non-hydrogen) atoms. The Morgan fingerprint density at radius 2 is 1.85 bits per heavy atom. The lowest BCUT2D eigenvalue weighted by Gasteiger charge is -2.31. The van der Waals surface area contributed by atoms with E-state index in [-0.39, 0.29) is 12.7 Å². The second-order valence-electron chi connectivity index (χ2n) is 4.65. The lowest BCUT2D eigenvalue weighted by Crippen LogP contribution is -2.41. The smallest absolute Gasteiger partial charge is 0.243 e. The average molecular weight is 411 g/mol. The Balaban J connectivity index is 2.00. The van der Waals surface area contributed by atoms with E-state index in [0.29, 0.717) is 37.4 Å². The van der Waals surface area contributed by atoms with Crippen LogP contribution in [0.5, 0.6) is 0 Å². The van der Waals surface area contributed by atoms with Crippen molar-refractivity contribution < 1.29 is 18.3 Å². The summed E-state index contributed by atoms with van der Waals surface area (Å²) in [6.07, 6.45) is 1.39. The van der Waals surface area contributed by atoms with E-state index < -0.39 is 10.0 Å². The molecule has 0 unspecified atom stereocenters. The molecule has 5 nitrogen and oxygen atoms in total. The number of hydrogen-bond donors (Lipinski definition) is 1. The number of aliphatic hydroxyl groups is 1. The molecule has 0 aliphatic carbocycles. The van der Waals surface area contributed by atoms with Gasteiger partial charge in [-0.05, 0) is 59.7 Å². The molecule has 2 rings (SSSR count). The van der Waals surface area contributed by atoms with Crippen LogP contribution in [-0.4, -0.2) is 50.2 Å². The molecule has 0 radical (unpaired) electrons. The topological polar surface area (TPSA) is 66.8 Å². The molecule has 0 atom stereocenters. The highest BCUT2D eigenvalue weighted by Crippen LogP contribution is 2.22. The Morgan fingerprint density at radius 3 is 2.40 bits per heavy atom. The van der Waals surface area contributed by atoms with E-state index >= 15 is 0 Å². The van der Waals surface area contributed by atoms with Crippen molar-refractivity contribution in [2.45, 2.75) is 23.8 Å². The van der Waals surface area contributed by atoms with Gasteiger partial charge in [0.25, 0.3) is 0 Å². The average Bonchev–Trinajstić information content (AvgIpc) is 2.46. The van der Waals surface area contributed by atoms with Crippen molar-refractivity contribution in [2.24, 2.45) is 0 Å². The van der Waals surface area contributed by atoms with Crippen molar-refractivity contribution in [1.82, 2.24) is 4.31 Å². The molecule has 1 aromatic rings. The van der Waals surface area contributed by atoms with Crippen molar-refractivity contribution in [2.75, 3.05) is 26.3 Å². The van der Waals surface area contributed by atoms with Gasteiger partial charge in [0.05, 0.1) is 24.2 Å². The summed E-state index contributed by atoms with van der Waals surface area (Å²) in [4.78, 5) is 0.340. The predicted molar refractivity (Wildman–Crippen MR) is 84.0 cm³/mol. The minimum absolute atomic E-state index is 0.00115. The zero-order valence-corrected chi connectivity index (χ0v) is 14.0. The van der Waals surface area contributed by atoms with Crippen molar-refractivity contribution >= 4 is 32.6 Å². The molecule has 0 aromatic heterocycles. The van der Waals surface area contributed by atoms with Crippen LogP contribution in [0.4, 0.5) is 0 Å². The SMILES string of the molecule is O=S(=O)(c1ccc(I)cc1)N1CCC(OCCO)CC1. The number of rotatable bonds is 5. The molecule has 0 saturated carbocycles. The number of sulfonamides is 1. The van der Waals surface area contributed by atoms with Crippen LogP contribution in [0.3, 0.4) is 0 Å². The first-order chi connectivity index (χ1) is 9.54. The molecule has 1 heterocycles. The highest BCUT2D eigenvalue weighted by atomic mass is 127. The predicted octanol–water partition coefficient (Wildman–Crippen LogP) is 1.45. The Morgan fingerprint density at radius 1 is 1.25 bits per heavy atom. The molecule has 1 aliphatic rings. The van der Waals surface area contributed by atoms with Gasteiger partial charge in [-0.3, -0.25) is 0 Å². The lowest BCUT2D eigenvalue weighted by atomic mass is 10.1. The molecule has 1 fully saturated rings. The second kappa shape index (κ2) is 7.17. The number of aliphatic hydroxyl groups excluding tert-OH is 1. The second-order valence-corrected chi connectivity index (χ2v) is 7.84. The van der Waals surface area contributed by atoms with Gasteiger partial charge in [0.2, 0.25) is 10.0 Å². The quantitative estimate of drug-likeness (QED) is 0.746. The Bertz CT molecular complexity index is 524. The minimum Gasteiger partial charge on any atom is -0.394 e. The number of nitrogens with zero attached hydrogens (tertiary/aromatic N) is 1. The Kier molecular flexibility index (Phi) is 5.79. The van der Waals surface area contributed by atoms with E-state index in [1.54, 1.807) is 24.3 Å². The molecule has 1 N–H and O–H groups in total. The van der Waals surface area contributed by atoms with Crippen molar-refractivity contribution in [3.63, 3.8) is 0 Å². The summed E-state index contributed by atoms with van der Waals surface area (Å²) in [5.74, 6) is 0. The van der Waals surface area contributed by atoms with Gasteiger partial charge < -0.3 is 9.84 Å². The summed E-state index contributed by atoms with van der Waals surface area (Å²) in [7, 11) is -3.40. The van der Waals surface area contributed by atoms with Gasteiger partial charge >= 0.3 is 0 Å². The van der Waals surface area contributed by atoms with E-state index in [1.165, 1.54) is 4.31 Å². The zero-order chi connectivity index (χ0) is 14.6. The standard InChI is InChI=1S/C13H18INO4S/c14-11-1-3-13(4-2-11)20(17,18)15-7-5-12(6-8-15)19-10-9-16/h1-4,12,16H,5-10H2. The van der Waals surface area contributed by atoms with Crippen LogP contribution in [0.15, 0.2) is 29.2 Å². The van der Waals surface area contributed by atoms with Gasteiger partial charge in [-0.2, -0.15) is 4.31 Å². The molecule has 7 heteroatoms. The van der Waals surface area contributed by atoms with Crippen LogP contribution in [0.2, 0.25) is 0 Å². The number of halogens is 1. The van der Waals surface area contributed by atoms with Gasteiger partial charge in [-0.1, -0.05) is 0 Å². The third kappa shape index (κ3) is 3.91. The third-order valence-corrected chi connectivity index (χ3v) is 5.93. The fourth-order valence-electron chi connectivity index (χ4n) is 2.21. The highest BCUT2D eigenvalue weighted by molar-refractivity contribution is 14.1. The summed E-state index contributed by atoms with van der Waals surface area (Å²) in [6, 6.07) is 6.88. The van der Waals surface area contributed by atoms with Crippen LogP contribution >= 0.6 is 22.6 Å². The number of hydrogen-bond acceptors (Lipinski definition) is 4. The molecular weight excluding hydrogens is 393 g/mol. The van der Waals surface area contributed by atoms with Crippen LogP contribution in [-0.2, 0) is 14.8 Å². The van der Waals surface area contributed by atoms with Crippen LogP contribution < -0.4 is 0 Å².